The lowest BCUT2D eigenvalue weighted by molar-refractivity contribution is -0.137. The minimum absolute atomic E-state index is 0.00831. The van der Waals surface area contributed by atoms with E-state index in [0.717, 1.165) is 92.4 Å². The number of carbonyl (C=O) groups excluding carboxylic acids is 2. The van der Waals surface area contributed by atoms with Gasteiger partial charge in [-0.3, -0.25) is 29.1 Å². The summed E-state index contributed by atoms with van der Waals surface area (Å²) in [6.45, 7) is 6.65. The Bertz CT molecular complexity index is 2210. The largest absolute Gasteiger partial charge is 0.421 e. The molecule has 3 aromatic carbocycles. The predicted molar refractivity (Wildman–Crippen MR) is 218 cm³/mol. The molecular weight excluding hydrogens is 774 g/mol. The lowest BCUT2D eigenvalue weighted by Gasteiger charge is -2.43. The molecule has 4 aromatic rings. The number of hydrogen-bond donors (Lipinski definition) is 3. The summed E-state index contributed by atoms with van der Waals surface area (Å²) in [7, 11) is -2.11. The van der Waals surface area contributed by atoms with E-state index in [1.165, 1.54) is 7.05 Å². The van der Waals surface area contributed by atoms with Gasteiger partial charge in [-0.2, -0.15) is 18.2 Å². The molecular formula is C40H47F3N10O4S. The zero-order chi connectivity index (χ0) is 41.0. The van der Waals surface area contributed by atoms with Crippen molar-refractivity contribution in [2.75, 3.05) is 83.9 Å². The number of urea groups is 1. The van der Waals surface area contributed by atoms with Gasteiger partial charge in [-0.05, 0) is 66.4 Å². The van der Waals surface area contributed by atoms with Gasteiger partial charge in [0.15, 0.2) is 0 Å². The van der Waals surface area contributed by atoms with E-state index >= 15 is 0 Å². The first kappa shape index (κ1) is 40.7. The topological polar surface area (TPSA) is 146 Å². The number of amides is 3. The summed E-state index contributed by atoms with van der Waals surface area (Å²) < 4.78 is 66.8. The minimum atomic E-state index is -4.70. The highest BCUT2D eigenvalue weighted by Crippen LogP contribution is 2.35. The van der Waals surface area contributed by atoms with Crippen molar-refractivity contribution in [3.63, 3.8) is 0 Å². The highest BCUT2D eigenvalue weighted by Gasteiger charge is 2.35. The Morgan fingerprint density at radius 1 is 0.914 bits per heavy atom. The molecule has 18 heteroatoms. The Labute approximate surface area is 336 Å². The summed E-state index contributed by atoms with van der Waals surface area (Å²) in [5.41, 5.74) is 3.52. The number of carbonyl (C=O) groups is 2. The summed E-state index contributed by atoms with van der Waals surface area (Å²) in [6, 6.07) is 22.2. The number of piperidine rings is 1. The first-order valence-corrected chi connectivity index (χ1v) is 21.0. The van der Waals surface area contributed by atoms with E-state index in [-0.39, 0.29) is 30.9 Å². The van der Waals surface area contributed by atoms with Crippen molar-refractivity contribution in [1.29, 1.82) is 0 Å². The van der Waals surface area contributed by atoms with Crippen molar-refractivity contribution in [2.24, 2.45) is 0 Å². The third kappa shape index (κ3) is 9.79. The van der Waals surface area contributed by atoms with Gasteiger partial charge < -0.3 is 15.5 Å². The fraction of sp³-hybridized carbons (Fsp3) is 0.400. The number of halogens is 3. The fourth-order valence-electron chi connectivity index (χ4n) is 7.63. The first-order chi connectivity index (χ1) is 27.7. The molecule has 0 spiro atoms. The van der Waals surface area contributed by atoms with E-state index in [1.54, 1.807) is 29.2 Å². The van der Waals surface area contributed by atoms with Crippen LogP contribution in [0, 0.1) is 0 Å². The summed E-state index contributed by atoms with van der Waals surface area (Å²) in [5, 5.41) is 8.20. The van der Waals surface area contributed by atoms with Gasteiger partial charge in [-0.1, -0.05) is 30.3 Å². The number of benzene rings is 3. The number of piperazine rings is 1. The quantitative estimate of drug-likeness (QED) is 0.167. The molecule has 0 bridgehead atoms. The lowest BCUT2D eigenvalue weighted by Crippen LogP contribution is -2.53. The number of sulfonamides is 1. The average molecular weight is 821 g/mol. The van der Waals surface area contributed by atoms with Gasteiger partial charge in [0.2, 0.25) is 21.9 Å². The molecule has 3 fully saturated rings. The number of para-hydroxylation sites is 1. The van der Waals surface area contributed by atoms with E-state index < -0.39 is 27.6 Å². The standard InChI is InChI=1S/C40H47F3N10O4S/c1-49(58(2,56)57)33-8-5-6-28(24-33)25-44-37-34(40(41,42)43)26-45-38(48-37)46-30-10-12-31(13-11-30)51-17-14-32(15-18-51)52-22-20-50(21-23-52)27-29-7-3-4-9-35(29)53-19-16-36(54)47-39(53)55/h3-13,24,26,32H,14-23,25,27H2,1-2H3,(H,47,54,55)(H2,44,45,46,48). The highest BCUT2D eigenvalue weighted by molar-refractivity contribution is 7.92. The van der Waals surface area contributed by atoms with Crippen molar-refractivity contribution in [2.45, 2.75) is 44.6 Å². The molecule has 0 aliphatic carbocycles. The van der Waals surface area contributed by atoms with Crippen molar-refractivity contribution in [3.8, 4) is 0 Å². The van der Waals surface area contributed by atoms with E-state index in [1.807, 2.05) is 42.5 Å². The molecule has 3 aliphatic rings. The van der Waals surface area contributed by atoms with E-state index in [0.29, 0.717) is 29.5 Å². The van der Waals surface area contributed by atoms with Crippen LogP contribution in [0.25, 0.3) is 0 Å². The maximum Gasteiger partial charge on any atom is 0.421 e. The Balaban J connectivity index is 0.904. The summed E-state index contributed by atoms with van der Waals surface area (Å²) >= 11 is 0. The fourth-order valence-corrected chi connectivity index (χ4v) is 8.12. The summed E-state index contributed by atoms with van der Waals surface area (Å²) in [6.07, 6.45) is -0.544. The molecule has 7 rings (SSSR count). The Morgan fingerprint density at radius 3 is 2.33 bits per heavy atom. The van der Waals surface area contributed by atoms with Gasteiger partial charge in [0.1, 0.15) is 11.4 Å². The number of alkyl halides is 3. The maximum absolute atomic E-state index is 13.9. The number of imide groups is 1. The zero-order valence-corrected chi connectivity index (χ0v) is 33.2. The number of rotatable bonds is 12. The first-order valence-electron chi connectivity index (χ1n) is 19.2. The van der Waals surface area contributed by atoms with E-state index in [9.17, 15) is 31.2 Å². The Morgan fingerprint density at radius 2 is 1.64 bits per heavy atom. The van der Waals surface area contributed by atoms with Crippen molar-refractivity contribution < 1.29 is 31.2 Å². The Hall–Kier alpha value is -5.46. The highest BCUT2D eigenvalue weighted by atomic mass is 32.2. The third-order valence-electron chi connectivity index (χ3n) is 10.9. The van der Waals surface area contributed by atoms with E-state index in [2.05, 4.69) is 46.7 Å². The number of anilines is 6. The van der Waals surface area contributed by atoms with Gasteiger partial charge in [-0.25, -0.2) is 18.2 Å². The molecule has 308 valence electrons. The molecule has 0 saturated carbocycles. The number of nitrogens with zero attached hydrogens (tertiary/aromatic N) is 7. The van der Waals surface area contributed by atoms with Gasteiger partial charge in [-0.15, -0.1) is 0 Å². The van der Waals surface area contributed by atoms with Crippen LogP contribution in [0.2, 0.25) is 0 Å². The molecule has 0 atom stereocenters. The number of aromatic nitrogens is 2. The second kappa shape index (κ2) is 17.2. The molecule has 0 unspecified atom stereocenters. The second-order valence-corrected chi connectivity index (χ2v) is 16.8. The number of nitrogens with one attached hydrogen (secondary N) is 3. The van der Waals surface area contributed by atoms with Gasteiger partial charge in [0, 0.05) is 102 Å². The minimum Gasteiger partial charge on any atom is -0.371 e. The molecule has 3 N–H and O–H groups in total. The monoisotopic (exact) mass is 820 g/mol. The molecule has 58 heavy (non-hydrogen) atoms. The molecule has 0 radical (unpaired) electrons. The molecule has 3 saturated heterocycles. The Kier molecular flexibility index (Phi) is 12.1. The van der Waals surface area contributed by atoms with E-state index in [4.69, 9.17) is 0 Å². The molecule has 1 aromatic heterocycles. The van der Waals surface area contributed by atoms with Crippen molar-refractivity contribution >= 4 is 56.5 Å². The zero-order valence-electron chi connectivity index (χ0n) is 32.4. The van der Waals surface area contributed by atoms with Gasteiger partial charge >= 0.3 is 12.2 Å². The molecule has 4 heterocycles. The van der Waals surface area contributed by atoms with Gasteiger partial charge in [0.05, 0.1) is 11.9 Å². The van der Waals surface area contributed by atoms with Crippen LogP contribution in [0.15, 0.2) is 79.0 Å². The van der Waals surface area contributed by atoms with Crippen LogP contribution in [-0.4, -0.2) is 105 Å². The normalized spacial score (nSPS) is 17.6. The van der Waals surface area contributed by atoms with Crippen LogP contribution >= 0.6 is 0 Å². The van der Waals surface area contributed by atoms with Crippen LogP contribution in [0.3, 0.4) is 0 Å². The van der Waals surface area contributed by atoms with Crippen LogP contribution < -0.4 is 30.1 Å². The molecule has 3 aliphatic heterocycles. The SMILES string of the molecule is CN(c1cccc(CNc2nc(Nc3ccc(N4CCC(N5CCN(Cc6ccccc6N6CCC(=O)NC6=O)CC5)CC4)cc3)ncc2C(F)(F)F)c1)S(C)(=O)=O. The second-order valence-electron chi connectivity index (χ2n) is 14.8. The maximum atomic E-state index is 13.9. The summed E-state index contributed by atoms with van der Waals surface area (Å²) in [4.78, 5) is 41.3. The molecule has 3 amide bonds. The summed E-state index contributed by atoms with van der Waals surface area (Å²) in [5.74, 6) is -0.654. The van der Waals surface area contributed by atoms with Crippen molar-refractivity contribution in [3.05, 3.63) is 95.7 Å². The number of hydrogen-bond acceptors (Lipinski definition) is 11. The van der Waals surface area contributed by atoms with Crippen molar-refractivity contribution in [1.82, 2.24) is 25.1 Å². The van der Waals surface area contributed by atoms with Crippen LogP contribution in [-0.2, 0) is 34.1 Å². The smallest absolute Gasteiger partial charge is 0.371 e. The average Bonchev–Trinajstić information content (AvgIpc) is 3.20. The van der Waals surface area contributed by atoms with Crippen LogP contribution in [0.5, 0.6) is 0 Å². The van der Waals surface area contributed by atoms with Crippen LogP contribution in [0.4, 0.5) is 52.5 Å². The van der Waals surface area contributed by atoms with Crippen LogP contribution in [0.1, 0.15) is 36.0 Å². The molecule has 14 nitrogen and oxygen atoms in total. The van der Waals surface area contributed by atoms with Gasteiger partial charge in [0.25, 0.3) is 0 Å². The predicted octanol–water partition coefficient (Wildman–Crippen LogP) is 5.48. The third-order valence-corrected chi connectivity index (χ3v) is 12.1. The lowest BCUT2D eigenvalue weighted by atomic mass is 10.0.